The van der Waals surface area contributed by atoms with Gasteiger partial charge in [0.2, 0.25) is 0 Å². The molecule has 0 amide bonds. The van der Waals surface area contributed by atoms with Crippen molar-refractivity contribution in [2.45, 2.75) is 19.1 Å². The van der Waals surface area contributed by atoms with Crippen LogP contribution < -0.4 is 0 Å². The largest absolute Gasteiger partial charge is 0.285 e. The van der Waals surface area contributed by atoms with Gasteiger partial charge in [0.25, 0.3) is 10.1 Å². The maximum atomic E-state index is 10.6. The van der Waals surface area contributed by atoms with Crippen molar-refractivity contribution in [3.63, 3.8) is 0 Å². The van der Waals surface area contributed by atoms with E-state index in [1.54, 1.807) is 12.1 Å². The highest BCUT2D eigenvalue weighted by Gasteiger charge is 2.06. The Morgan fingerprint density at radius 2 is 1.81 bits per heavy atom. The summed E-state index contributed by atoms with van der Waals surface area (Å²) >= 11 is 4.67. The van der Waals surface area contributed by atoms with Crippen molar-refractivity contribution in [1.29, 1.82) is 0 Å². The van der Waals surface area contributed by atoms with Gasteiger partial charge in [-0.05, 0) is 40.9 Å². The number of rotatable bonds is 4. The van der Waals surface area contributed by atoms with E-state index < -0.39 is 10.1 Å². The van der Waals surface area contributed by atoms with Gasteiger partial charge in [-0.15, -0.1) is 0 Å². The molecular weight excluding hydrogens is 244 g/mol. The van der Waals surface area contributed by atoms with Gasteiger partial charge in [0.05, 0.1) is 0 Å². The van der Waals surface area contributed by atoms with Crippen LogP contribution in [0, 0.1) is 0 Å². The van der Waals surface area contributed by atoms with E-state index in [1.165, 1.54) is 0 Å². The first-order valence-electron chi connectivity index (χ1n) is 4.64. The highest BCUT2D eigenvalue weighted by Crippen LogP contribution is 2.10. The van der Waals surface area contributed by atoms with Gasteiger partial charge in [-0.3, -0.25) is 4.55 Å². The van der Waals surface area contributed by atoms with Crippen molar-refractivity contribution in [2.75, 3.05) is 0 Å². The molecule has 1 aromatic rings. The van der Waals surface area contributed by atoms with Gasteiger partial charge in [-0.25, -0.2) is 0 Å². The first kappa shape index (κ1) is 13.1. The van der Waals surface area contributed by atoms with E-state index in [0.29, 0.717) is 12.0 Å². The molecule has 0 heterocycles. The second-order valence-corrected chi connectivity index (χ2v) is 5.26. The first-order valence-corrected chi connectivity index (χ1v) is 6.66. The minimum Gasteiger partial charge on any atom is -0.285 e. The molecule has 86 valence electrons. The molecule has 0 aliphatic rings. The molecule has 0 unspecified atom stereocenters. The molecule has 0 spiro atoms. The smallest absolute Gasteiger partial charge is 0.269 e. The summed E-state index contributed by atoms with van der Waals surface area (Å²) in [7, 11) is -3.95. The lowest BCUT2D eigenvalue weighted by atomic mass is 10.1. The fourth-order valence-electron chi connectivity index (χ4n) is 1.31. The number of hydrogen-bond donors (Lipinski definition) is 1. The Bertz CT molecular complexity index is 509. The lowest BCUT2D eigenvalue weighted by Crippen LogP contribution is -2.01. The van der Waals surface area contributed by atoms with Crippen molar-refractivity contribution in [2.24, 2.45) is 0 Å². The van der Waals surface area contributed by atoms with Gasteiger partial charge in [0.15, 0.2) is 0 Å². The summed E-state index contributed by atoms with van der Waals surface area (Å²) in [5, 5.41) is 2.63. The van der Waals surface area contributed by atoms with E-state index in [2.05, 4.69) is 17.2 Å². The van der Waals surface area contributed by atoms with Crippen LogP contribution in [0.3, 0.4) is 0 Å². The summed E-state index contributed by atoms with van der Waals surface area (Å²) in [4.78, 5) is 0. The number of thiocarbonyl (C=S) groups is 1. The van der Waals surface area contributed by atoms with Gasteiger partial charge in [-0.1, -0.05) is 24.3 Å². The van der Waals surface area contributed by atoms with Crippen LogP contribution in [0.5, 0.6) is 0 Å². The molecule has 0 saturated carbocycles. The molecule has 5 heteroatoms. The van der Waals surface area contributed by atoms with Crippen molar-refractivity contribution < 1.29 is 13.0 Å². The lowest BCUT2D eigenvalue weighted by Gasteiger charge is -2.02. The standard InChI is InChI=1S/C11H12O3S2/c1-9(7-15)6-10-2-4-11(5-3-10)8-16(12,13)14/h2-5H,6,8H2,1H3,(H,12,13,14). The quantitative estimate of drug-likeness (QED) is 0.662. The van der Waals surface area contributed by atoms with Crippen LogP contribution in [0.15, 0.2) is 29.8 Å². The Morgan fingerprint density at radius 1 is 1.31 bits per heavy atom. The highest BCUT2D eigenvalue weighted by atomic mass is 32.2. The van der Waals surface area contributed by atoms with Crippen molar-refractivity contribution in [3.05, 3.63) is 41.0 Å². The monoisotopic (exact) mass is 256 g/mol. The Kier molecular flexibility index (Phi) is 4.38. The van der Waals surface area contributed by atoms with E-state index in [0.717, 1.165) is 11.1 Å². The zero-order valence-corrected chi connectivity index (χ0v) is 10.4. The minimum absolute atomic E-state index is 0.352. The van der Waals surface area contributed by atoms with Crippen LogP contribution in [0.4, 0.5) is 0 Å². The Balaban J connectivity index is 2.79. The molecule has 0 radical (unpaired) electrons. The number of hydrogen-bond acceptors (Lipinski definition) is 3. The molecule has 0 aliphatic heterocycles. The fourth-order valence-corrected chi connectivity index (χ4v) is 1.99. The molecule has 1 aromatic carbocycles. The average Bonchev–Trinajstić information content (AvgIpc) is 2.18. The SMILES string of the molecule is CC(=C=S)Cc1ccc(CS(=O)(=O)O)cc1. The van der Waals surface area contributed by atoms with Gasteiger partial charge in [0, 0.05) is 6.42 Å². The van der Waals surface area contributed by atoms with E-state index in [1.807, 2.05) is 19.1 Å². The molecule has 0 aromatic heterocycles. The van der Waals surface area contributed by atoms with Crippen LogP contribution in [-0.2, 0) is 22.3 Å². The minimum atomic E-state index is -3.95. The Labute approximate surface area is 101 Å². The molecule has 0 saturated heterocycles. The second kappa shape index (κ2) is 5.37. The van der Waals surface area contributed by atoms with Crippen LogP contribution >= 0.6 is 12.2 Å². The van der Waals surface area contributed by atoms with Crippen LogP contribution in [0.2, 0.25) is 0 Å². The highest BCUT2D eigenvalue weighted by molar-refractivity contribution is 7.85. The molecule has 3 nitrogen and oxygen atoms in total. The van der Waals surface area contributed by atoms with Crippen molar-refractivity contribution in [3.8, 4) is 0 Å². The summed E-state index contributed by atoms with van der Waals surface area (Å²) < 4.78 is 29.9. The second-order valence-electron chi connectivity index (χ2n) is 3.60. The van der Waals surface area contributed by atoms with Gasteiger partial charge in [-0.2, -0.15) is 8.42 Å². The molecule has 16 heavy (non-hydrogen) atoms. The van der Waals surface area contributed by atoms with Gasteiger partial charge < -0.3 is 0 Å². The molecular formula is C11H12O3S2. The van der Waals surface area contributed by atoms with E-state index >= 15 is 0 Å². The summed E-state index contributed by atoms with van der Waals surface area (Å²) in [6.45, 7) is 1.89. The molecule has 0 atom stereocenters. The van der Waals surface area contributed by atoms with E-state index in [-0.39, 0.29) is 5.75 Å². The predicted octanol–water partition coefficient (Wildman–Crippen LogP) is 2.16. The normalized spacial score (nSPS) is 10.9. The topological polar surface area (TPSA) is 54.4 Å². The van der Waals surface area contributed by atoms with Gasteiger partial charge >= 0.3 is 0 Å². The fraction of sp³-hybridized carbons (Fsp3) is 0.273. The van der Waals surface area contributed by atoms with Crippen LogP contribution in [0.25, 0.3) is 0 Å². The van der Waals surface area contributed by atoms with E-state index in [9.17, 15) is 8.42 Å². The third-order valence-corrected chi connectivity index (χ3v) is 3.06. The van der Waals surface area contributed by atoms with Crippen LogP contribution in [0.1, 0.15) is 18.1 Å². The predicted molar refractivity (Wildman–Crippen MR) is 67.2 cm³/mol. The Morgan fingerprint density at radius 3 is 2.25 bits per heavy atom. The maximum Gasteiger partial charge on any atom is 0.269 e. The molecule has 1 rings (SSSR count). The van der Waals surface area contributed by atoms with Gasteiger partial charge in [0.1, 0.15) is 5.75 Å². The van der Waals surface area contributed by atoms with E-state index in [4.69, 9.17) is 4.55 Å². The summed E-state index contributed by atoms with van der Waals surface area (Å²) in [6, 6.07) is 6.99. The van der Waals surface area contributed by atoms with Crippen molar-refractivity contribution in [1.82, 2.24) is 0 Å². The molecule has 0 aliphatic carbocycles. The molecule has 0 bridgehead atoms. The Hall–Kier alpha value is -1.00. The zero-order valence-electron chi connectivity index (χ0n) is 8.80. The van der Waals surface area contributed by atoms with Crippen molar-refractivity contribution >= 4 is 27.4 Å². The molecule has 0 fully saturated rings. The molecule has 1 N–H and O–H groups in total. The summed E-state index contributed by atoms with van der Waals surface area (Å²) in [6.07, 6.45) is 0.704. The summed E-state index contributed by atoms with van der Waals surface area (Å²) in [5.41, 5.74) is 2.56. The summed E-state index contributed by atoms with van der Waals surface area (Å²) in [5.74, 6) is -0.352. The number of benzene rings is 1. The maximum absolute atomic E-state index is 10.6. The zero-order chi connectivity index (χ0) is 12.2. The average molecular weight is 256 g/mol. The van der Waals surface area contributed by atoms with Crippen LogP contribution in [-0.4, -0.2) is 18.0 Å². The number of allylic oxidation sites excluding steroid dienone is 1. The first-order chi connectivity index (χ1) is 7.40. The third-order valence-electron chi connectivity index (χ3n) is 2.02. The third kappa shape index (κ3) is 4.68. The lowest BCUT2D eigenvalue weighted by molar-refractivity contribution is 0.482.